The summed E-state index contributed by atoms with van der Waals surface area (Å²) in [6.07, 6.45) is 4.31. The molecule has 92 valence electrons. The van der Waals surface area contributed by atoms with E-state index in [1.807, 2.05) is 0 Å². The second-order valence-corrected chi connectivity index (χ2v) is 5.09. The topological polar surface area (TPSA) is 3.88 Å². The van der Waals surface area contributed by atoms with E-state index >= 15 is 0 Å². The van der Waals surface area contributed by atoms with Crippen LogP contribution >= 0.6 is 11.8 Å². The zero-order valence-corrected chi connectivity index (χ0v) is 11.9. The van der Waals surface area contributed by atoms with Crippen LogP contribution in [0, 0.1) is 0 Å². The molecule has 0 fully saturated rings. The second-order valence-electron chi connectivity index (χ2n) is 4.21. The number of benzene rings is 2. The van der Waals surface area contributed by atoms with Crippen LogP contribution in [0.2, 0.25) is 0 Å². The number of aromatic nitrogens is 1. The van der Waals surface area contributed by atoms with E-state index in [4.69, 9.17) is 0 Å². The van der Waals surface area contributed by atoms with E-state index < -0.39 is 0 Å². The highest BCUT2D eigenvalue weighted by Gasteiger charge is 2.10. The number of thioether (sulfide) groups is 1. The van der Waals surface area contributed by atoms with Crippen molar-refractivity contribution in [2.75, 3.05) is 6.26 Å². The zero-order valence-electron chi connectivity index (χ0n) is 10.4. The standard InChI is InChI=1S/C15H14NS.ClH/c1-16-10-11-5-3-4-6-13(11)14-9-12(17-2)7-8-15(14)16;/h3-10H,1-2H3;1H/q+1;/p-1. The van der Waals surface area contributed by atoms with Crippen LogP contribution in [-0.2, 0) is 7.05 Å². The first-order valence-corrected chi connectivity index (χ1v) is 6.87. The summed E-state index contributed by atoms with van der Waals surface area (Å²) >= 11 is 1.79. The van der Waals surface area contributed by atoms with E-state index in [1.54, 1.807) is 11.8 Å². The Balaban J connectivity index is 0.00000120. The lowest BCUT2D eigenvalue weighted by Gasteiger charge is -2.04. The molecule has 3 rings (SSSR count). The van der Waals surface area contributed by atoms with Crippen molar-refractivity contribution >= 4 is 33.4 Å². The van der Waals surface area contributed by atoms with Gasteiger partial charge >= 0.3 is 0 Å². The number of fused-ring (bicyclic) bond motifs is 3. The molecule has 1 nitrogen and oxygen atoms in total. The van der Waals surface area contributed by atoms with E-state index in [2.05, 4.69) is 66.5 Å². The molecule has 3 heteroatoms. The van der Waals surface area contributed by atoms with Gasteiger partial charge in [0, 0.05) is 21.7 Å². The van der Waals surface area contributed by atoms with Crippen LogP contribution in [0.5, 0.6) is 0 Å². The minimum absolute atomic E-state index is 0. The van der Waals surface area contributed by atoms with Crippen molar-refractivity contribution in [3.63, 3.8) is 0 Å². The molecule has 1 aromatic heterocycles. The molecule has 0 saturated heterocycles. The number of rotatable bonds is 1. The van der Waals surface area contributed by atoms with E-state index in [0.717, 1.165) is 0 Å². The molecule has 0 spiro atoms. The lowest BCUT2D eigenvalue weighted by atomic mass is 10.1. The van der Waals surface area contributed by atoms with Gasteiger partial charge in [0.15, 0.2) is 6.20 Å². The van der Waals surface area contributed by atoms with Gasteiger partial charge in [-0.15, -0.1) is 11.8 Å². The molecule has 0 saturated carbocycles. The zero-order chi connectivity index (χ0) is 11.8. The summed E-state index contributed by atoms with van der Waals surface area (Å²) in [5.41, 5.74) is 1.28. The Labute approximate surface area is 117 Å². The molecule has 0 amide bonds. The Morgan fingerprint density at radius 1 is 1.00 bits per heavy atom. The fraction of sp³-hybridized carbons (Fsp3) is 0.133. The molecular formula is C15H14ClNS. The Morgan fingerprint density at radius 3 is 2.56 bits per heavy atom. The first kappa shape index (κ1) is 13.2. The van der Waals surface area contributed by atoms with Gasteiger partial charge in [0.05, 0.1) is 5.39 Å². The predicted molar refractivity (Wildman–Crippen MR) is 74.4 cm³/mol. The minimum atomic E-state index is 0. The molecule has 0 atom stereocenters. The minimum Gasteiger partial charge on any atom is -1.00 e. The maximum absolute atomic E-state index is 2.28. The van der Waals surface area contributed by atoms with Gasteiger partial charge in [0.25, 0.3) is 0 Å². The van der Waals surface area contributed by atoms with Crippen LogP contribution in [0.3, 0.4) is 0 Å². The monoisotopic (exact) mass is 275 g/mol. The predicted octanol–water partition coefficient (Wildman–Crippen LogP) is 0.543. The van der Waals surface area contributed by atoms with Gasteiger partial charge in [-0.05, 0) is 24.5 Å². The maximum Gasteiger partial charge on any atom is 0.212 e. The second kappa shape index (κ2) is 5.17. The third kappa shape index (κ3) is 2.06. The quantitative estimate of drug-likeness (QED) is 0.356. The summed E-state index contributed by atoms with van der Waals surface area (Å²) in [6, 6.07) is 15.2. The summed E-state index contributed by atoms with van der Waals surface area (Å²) in [4.78, 5) is 1.31. The first-order valence-electron chi connectivity index (χ1n) is 5.65. The largest absolute Gasteiger partial charge is 1.00 e. The van der Waals surface area contributed by atoms with Crippen molar-refractivity contribution in [3.05, 3.63) is 48.7 Å². The summed E-state index contributed by atoms with van der Waals surface area (Å²) in [7, 11) is 2.10. The highest BCUT2D eigenvalue weighted by Crippen LogP contribution is 2.26. The van der Waals surface area contributed by atoms with Gasteiger partial charge < -0.3 is 12.4 Å². The van der Waals surface area contributed by atoms with Crippen molar-refractivity contribution in [1.82, 2.24) is 0 Å². The van der Waals surface area contributed by atoms with Crippen molar-refractivity contribution in [1.29, 1.82) is 0 Å². The van der Waals surface area contributed by atoms with Crippen LogP contribution < -0.4 is 17.0 Å². The number of halogens is 1. The summed E-state index contributed by atoms with van der Waals surface area (Å²) in [5.74, 6) is 0. The molecule has 0 aliphatic heterocycles. The molecule has 1 heterocycles. The van der Waals surface area contributed by atoms with Crippen molar-refractivity contribution < 1.29 is 17.0 Å². The van der Waals surface area contributed by atoms with Crippen molar-refractivity contribution in [2.45, 2.75) is 4.90 Å². The smallest absolute Gasteiger partial charge is 0.212 e. The lowest BCUT2D eigenvalue weighted by Crippen LogP contribution is -3.00. The molecular weight excluding hydrogens is 262 g/mol. The fourth-order valence-electron chi connectivity index (χ4n) is 2.30. The van der Waals surface area contributed by atoms with Crippen molar-refractivity contribution in [2.24, 2.45) is 7.05 Å². The van der Waals surface area contributed by atoms with Crippen LogP contribution in [0.4, 0.5) is 0 Å². The van der Waals surface area contributed by atoms with Crippen LogP contribution in [-0.4, -0.2) is 6.26 Å². The number of hydrogen-bond donors (Lipinski definition) is 0. The normalized spacial score (nSPS) is 10.6. The Kier molecular flexibility index (Phi) is 3.79. The SMILES string of the molecule is CSc1ccc2c(c1)c1ccccc1c[n+]2C.[Cl-]. The van der Waals surface area contributed by atoms with Crippen LogP contribution in [0.15, 0.2) is 53.6 Å². The number of hydrogen-bond acceptors (Lipinski definition) is 1. The molecule has 3 aromatic rings. The van der Waals surface area contributed by atoms with Crippen LogP contribution in [0.25, 0.3) is 21.7 Å². The molecule has 0 aliphatic carbocycles. The molecule has 18 heavy (non-hydrogen) atoms. The number of aryl methyl sites for hydroxylation is 1. The van der Waals surface area contributed by atoms with Gasteiger partial charge in [0.2, 0.25) is 5.52 Å². The molecule has 0 unspecified atom stereocenters. The lowest BCUT2D eigenvalue weighted by molar-refractivity contribution is -0.643. The van der Waals surface area contributed by atoms with Gasteiger partial charge in [-0.25, -0.2) is 4.57 Å². The fourth-order valence-corrected chi connectivity index (χ4v) is 2.74. The van der Waals surface area contributed by atoms with Gasteiger partial charge in [-0.2, -0.15) is 0 Å². The third-order valence-electron chi connectivity index (χ3n) is 3.17. The summed E-state index contributed by atoms with van der Waals surface area (Å²) in [5, 5.41) is 3.95. The van der Waals surface area contributed by atoms with E-state index in [9.17, 15) is 0 Å². The van der Waals surface area contributed by atoms with E-state index in [1.165, 1.54) is 26.6 Å². The molecule has 2 aromatic carbocycles. The van der Waals surface area contributed by atoms with Crippen molar-refractivity contribution in [3.8, 4) is 0 Å². The molecule has 0 N–H and O–H groups in total. The first-order chi connectivity index (χ1) is 8.29. The van der Waals surface area contributed by atoms with E-state index in [-0.39, 0.29) is 12.4 Å². The van der Waals surface area contributed by atoms with E-state index in [0.29, 0.717) is 0 Å². The summed E-state index contributed by atoms with van der Waals surface area (Å²) < 4.78 is 2.20. The van der Waals surface area contributed by atoms with Gasteiger partial charge in [0.1, 0.15) is 7.05 Å². The Bertz CT molecular complexity index is 709. The maximum atomic E-state index is 2.28. The average molecular weight is 276 g/mol. The third-order valence-corrected chi connectivity index (χ3v) is 3.89. The number of nitrogens with zero attached hydrogens (tertiary/aromatic N) is 1. The average Bonchev–Trinajstić information content (AvgIpc) is 2.38. The highest BCUT2D eigenvalue weighted by molar-refractivity contribution is 7.98. The van der Waals surface area contributed by atoms with Gasteiger partial charge in [-0.3, -0.25) is 0 Å². The molecule has 0 radical (unpaired) electrons. The Hall–Kier alpha value is -1.25. The summed E-state index contributed by atoms with van der Waals surface area (Å²) in [6.45, 7) is 0. The highest BCUT2D eigenvalue weighted by atomic mass is 35.5. The number of pyridine rings is 1. The Morgan fingerprint density at radius 2 is 1.78 bits per heavy atom. The van der Waals surface area contributed by atoms with Crippen LogP contribution in [0.1, 0.15) is 0 Å². The van der Waals surface area contributed by atoms with Gasteiger partial charge in [-0.1, -0.05) is 18.2 Å². The molecule has 0 bridgehead atoms. The molecule has 0 aliphatic rings.